The van der Waals surface area contributed by atoms with Crippen molar-refractivity contribution in [3.05, 3.63) is 29.6 Å². The molecule has 0 saturated carbocycles. The molecule has 0 aliphatic rings. The number of benzene rings is 1. The summed E-state index contributed by atoms with van der Waals surface area (Å²) in [5.41, 5.74) is 0.183. The van der Waals surface area contributed by atoms with Crippen molar-refractivity contribution in [3.8, 4) is 5.75 Å². The van der Waals surface area contributed by atoms with E-state index in [1.165, 1.54) is 18.2 Å². The Morgan fingerprint density at radius 1 is 1.50 bits per heavy atom. The number of hydrogen-bond donors (Lipinski definition) is 1. The van der Waals surface area contributed by atoms with E-state index in [4.69, 9.17) is 9.84 Å². The number of aliphatic hydroxyl groups is 1. The highest BCUT2D eigenvalue weighted by Crippen LogP contribution is 2.20. The van der Waals surface area contributed by atoms with Gasteiger partial charge in [-0.2, -0.15) is 0 Å². The molecule has 0 aromatic heterocycles. The molecule has 0 spiro atoms. The maximum atomic E-state index is 13.1. The van der Waals surface area contributed by atoms with Gasteiger partial charge >= 0.3 is 0 Å². The molecule has 1 N–H and O–H groups in total. The average Bonchev–Trinajstić information content (AvgIpc) is 2.20. The summed E-state index contributed by atoms with van der Waals surface area (Å²) in [6.45, 7) is 0.170. The minimum atomic E-state index is -0.562. The van der Waals surface area contributed by atoms with Crippen LogP contribution in [0.25, 0.3) is 0 Å². The van der Waals surface area contributed by atoms with E-state index in [1.807, 2.05) is 0 Å². The van der Waals surface area contributed by atoms with Gasteiger partial charge in [-0.05, 0) is 12.1 Å². The number of rotatable bonds is 5. The molecule has 0 bridgehead atoms. The van der Waals surface area contributed by atoms with Crippen LogP contribution in [-0.4, -0.2) is 24.6 Å². The maximum Gasteiger partial charge on any atom is 0.165 e. The number of aldehydes is 1. The average molecular weight is 198 g/mol. The first kappa shape index (κ1) is 10.7. The van der Waals surface area contributed by atoms with Crippen molar-refractivity contribution in [1.29, 1.82) is 0 Å². The summed E-state index contributed by atoms with van der Waals surface area (Å²) >= 11 is 0. The van der Waals surface area contributed by atoms with E-state index in [-0.39, 0.29) is 24.5 Å². The second kappa shape index (κ2) is 5.34. The second-order valence-corrected chi connectivity index (χ2v) is 2.70. The standard InChI is InChI=1S/C10H11FO3/c11-9-4-1-3-8(7-13)10(9)14-6-2-5-12/h1,3-4,7,12H,2,5-6H2. The van der Waals surface area contributed by atoms with E-state index < -0.39 is 5.82 Å². The van der Waals surface area contributed by atoms with E-state index in [0.717, 1.165) is 0 Å². The highest BCUT2D eigenvalue weighted by Gasteiger charge is 2.08. The lowest BCUT2D eigenvalue weighted by Gasteiger charge is -2.07. The molecule has 1 aromatic rings. The van der Waals surface area contributed by atoms with Crippen molar-refractivity contribution in [3.63, 3.8) is 0 Å². The molecule has 4 heteroatoms. The Morgan fingerprint density at radius 3 is 2.93 bits per heavy atom. The van der Waals surface area contributed by atoms with E-state index in [2.05, 4.69) is 0 Å². The fourth-order valence-electron chi connectivity index (χ4n) is 1.01. The number of para-hydroxylation sites is 1. The van der Waals surface area contributed by atoms with Crippen LogP contribution in [0.15, 0.2) is 18.2 Å². The van der Waals surface area contributed by atoms with Gasteiger partial charge in [-0.1, -0.05) is 6.07 Å². The van der Waals surface area contributed by atoms with Gasteiger partial charge in [-0.25, -0.2) is 4.39 Å². The summed E-state index contributed by atoms with van der Waals surface area (Å²) in [7, 11) is 0. The Morgan fingerprint density at radius 2 is 2.29 bits per heavy atom. The van der Waals surface area contributed by atoms with Crippen molar-refractivity contribution in [1.82, 2.24) is 0 Å². The number of carbonyl (C=O) groups excluding carboxylic acids is 1. The van der Waals surface area contributed by atoms with Crippen LogP contribution >= 0.6 is 0 Å². The van der Waals surface area contributed by atoms with Gasteiger partial charge < -0.3 is 9.84 Å². The van der Waals surface area contributed by atoms with Crippen LogP contribution in [0.2, 0.25) is 0 Å². The predicted octanol–water partition coefficient (Wildman–Crippen LogP) is 1.40. The van der Waals surface area contributed by atoms with E-state index >= 15 is 0 Å². The molecule has 1 rings (SSSR count). The molecule has 0 saturated heterocycles. The molecule has 1 aromatic carbocycles. The highest BCUT2D eigenvalue weighted by atomic mass is 19.1. The molecule has 0 aliphatic heterocycles. The smallest absolute Gasteiger partial charge is 0.165 e. The van der Waals surface area contributed by atoms with Crippen LogP contribution in [0.3, 0.4) is 0 Å². The van der Waals surface area contributed by atoms with Crippen LogP contribution in [0.1, 0.15) is 16.8 Å². The molecule has 0 aliphatic carbocycles. The van der Waals surface area contributed by atoms with Crippen LogP contribution < -0.4 is 4.74 Å². The largest absolute Gasteiger partial charge is 0.490 e. The lowest BCUT2D eigenvalue weighted by Crippen LogP contribution is -2.03. The molecular formula is C10H11FO3. The molecule has 3 nitrogen and oxygen atoms in total. The minimum Gasteiger partial charge on any atom is -0.490 e. The van der Waals surface area contributed by atoms with E-state index in [1.54, 1.807) is 0 Å². The van der Waals surface area contributed by atoms with Gasteiger partial charge in [-0.15, -0.1) is 0 Å². The number of hydrogen-bond acceptors (Lipinski definition) is 3. The first-order valence-corrected chi connectivity index (χ1v) is 4.27. The fourth-order valence-corrected chi connectivity index (χ4v) is 1.01. The molecule has 0 atom stereocenters. The SMILES string of the molecule is O=Cc1cccc(F)c1OCCCO. The maximum absolute atomic E-state index is 13.1. The van der Waals surface area contributed by atoms with Gasteiger partial charge in [-0.3, -0.25) is 4.79 Å². The molecule has 0 fully saturated rings. The Kier molecular flexibility index (Phi) is 4.07. The summed E-state index contributed by atoms with van der Waals surface area (Å²) in [4.78, 5) is 10.5. The Labute approximate surface area is 81.1 Å². The summed E-state index contributed by atoms with van der Waals surface area (Å²) in [6.07, 6.45) is 0.948. The number of ether oxygens (including phenoxy) is 1. The van der Waals surface area contributed by atoms with Crippen LogP contribution in [0.4, 0.5) is 4.39 Å². The fraction of sp³-hybridized carbons (Fsp3) is 0.300. The molecule has 14 heavy (non-hydrogen) atoms. The zero-order valence-corrected chi connectivity index (χ0v) is 7.57. The molecule has 0 amide bonds. The number of halogens is 1. The van der Waals surface area contributed by atoms with Gasteiger partial charge in [0.15, 0.2) is 17.9 Å². The van der Waals surface area contributed by atoms with Crippen LogP contribution in [-0.2, 0) is 0 Å². The lowest BCUT2D eigenvalue weighted by molar-refractivity contribution is 0.111. The van der Waals surface area contributed by atoms with Gasteiger partial charge in [0, 0.05) is 13.0 Å². The molecule has 0 unspecified atom stereocenters. The summed E-state index contributed by atoms with van der Waals surface area (Å²) in [5, 5.41) is 8.50. The normalized spacial score (nSPS) is 9.86. The van der Waals surface area contributed by atoms with Crippen molar-refractivity contribution in [2.45, 2.75) is 6.42 Å². The van der Waals surface area contributed by atoms with Crippen molar-refractivity contribution in [2.24, 2.45) is 0 Å². The second-order valence-electron chi connectivity index (χ2n) is 2.70. The highest BCUT2D eigenvalue weighted by molar-refractivity contribution is 5.79. The third-order valence-electron chi connectivity index (χ3n) is 1.67. The zero-order valence-electron chi connectivity index (χ0n) is 7.57. The Hall–Kier alpha value is -1.42. The van der Waals surface area contributed by atoms with Crippen molar-refractivity contribution < 1.29 is 19.0 Å². The third kappa shape index (κ3) is 2.53. The van der Waals surface area contributed by atoms with Gasteiger partial charge in [0.2, 0.25) is 0 Å². The molecule has 0 radical (unpaired) electrons. The van der Waals surface area contributed by atoms with Crippen LogP contribution in [0, 0.1) is 5.82 Å². The van der Waals surface area contributed by atoms with Gasteiger partial charge in [0.05, 0.1) is 12.2 Å². The quantitative estimate of drug-likeness (QED) is 0.574. The predicted molar refractivity (Wildman–Crippen MR) is 49.0 cm³/mol. The number of aliphatic hydroxyl groups excluding tert-OH is 1. The lowest BCUT2D eigenvalue weighted by atomic mass is 10.2. The zero-order chi connectivity index (χ0) is 10.4. The summed E-state index contributed by atoms with van der Waals surface area (Å²) in [5.74, 6) is -0.608. The van der Waals surface area contributed by atoms with E-state index in [9.17, 15) is 9.18 Å². The third-order valence-corrected chi connectivity index (χ3v) is 1.67. The molecule has 76 valence electrons. The minimum absolute atomic E-state index is 0.0229. The first-order valence-electron chi connectivity index (χ1n) is 4.27. The monoisotopic (exact) mass is 198 g/mol. The van der Waals surface area contributed by atoms with E-state index in [0.29, 0.717) is 12.7 Å². The molecular weight excluding hydrogens is 187 g/mol. The van der Waals surface area contributed by atoms with Crippen molar-refractivity contribution in [2.75, 3.05) is 13.2 Å². The molecule has 0 heterocycles. The first-order chi connectivity index (χ1) is 6.79. The summed E-state index contributed by atoms with van der Waals surface area (Å²) in [6, 6.07) is 4.14. The van der Waals surface area contributed by atoms with Crippen molar-refractivity contribution >= 4 is 6.29 Å². The topological polar surface area (TPSA) is 46.5 Å². The number of carbonyl (C=O) groups is 1. The van der Waals surface area contributed by atoms with Gasteiger partial charge in [0.1, 0.15) is 0 Å². The Balaban J connectivity index is 2.77. The Bertz CT molecular complexity index is 312. The summed E-state index contributed by atoms with van der Waals surface area (Å²) < 4.78 is 18.2. The van der Waals surface area contributed by atoms with Crippen LogP contribution in [0.5, 0.6) is 5.75 Å². The van der Waals surface area contributed by atoms with Gasteiger partial charge in [0.25, 0.3) is 0 Å².